The smallest absolute Gasteiger partial charge is 0.217 e. The molecule has 0 aromatic carbocycles. The number of hydrogen-bond acceptors (Lipinski definition) is 6. The van der Waals surface area contributed by atoms with Crippen molar-refractivity contribution in [2.45, 2.75) is 110 Å². The first kappa shape index (κ1) is 22.5. The molecule has 1 saturated heterocycles. The highest BCUT2D eigenvalue weighted by atomic mass is 16.8. The average molecular weight is 409 g/mol. The molecule has 29 heavy (non-hydrogen) atoms. The molecule has 0 unspecified atom stereocenters. The van der Waals surface area contributed by atoms with E-state index in [-0.39, 0.29) is 24.3 Å². The monoisotopic (exact) mass is 408 g/mol. The van der Waals surface area contributed by atoms with E-state index in [1.165, 1.54) is 0 Å². The second-order valence-electron chi connectivity index (χ2n) is 9.37. The standard InChI is InChI=1S/C23H40N2O4/c1-7-9-11-23(12-10-8-2)28-19(21-24-17(13-26-21)15(3)4)20(29-23)22-25-18(14-27-22)16(5)6/h15-20H,7-14H2,1-6H3/t17-,18-,19-,20-/m1/s1. The zero-order valence-electron chi connectivity index (χ0n) is 19.1. The van der Waals surface area contributed by atoms with Crippen LogP contribution in [-0.4, -0.2) is 55.1 Å². The predicted molar refractivity (Wildman–Crippen MR) is 116 cm³/mol. The highest BCUT2D eigenvalue weighted by Crippen LogP contribution is 2.40. The molecule has 0 aromatic heterocycles. The van der Waals surface area contributed by atoms with Crippen LogP contribution in [0.25, 0.3) is 0 Å². The van der Waals surface area contributed by atoms with Crippen LogP contribution in [0.3, 0.4) is 0 Å². The lowest BCUT2D eigenvalue weighted by atomic mass is 10.0. The summed E-state index contributed by atoms with van der Waals surface area (Å²) >= 11 is 0. The molecule has 0 saturated carbocycles. The van der Waals surface area contributed by atoms with E-state index in [2.05, 4.69) is 41.5 Å². The lowest BCUT2D eigenvalue weighted by molar-refractivity contribution is -0.179. The number of nitrogens with zero attached hydrogens (tertiary/aromatic N) is 2. The maximum absolute atomic E-state index is 6.65. The fourth-order valence-electron chi connectivity index (χ4n) is 4.04. The maximum Gasteiger partial charge on any atom is 0.217 e. The van der Waals surface area contributed by atoms with Gasteiger partial charge in [0.05, 0.1) is 12.1 Å². The SMILES string of the molecule is CCCCC1(CCCC)O[C@@H](C2=N[C@@H](C(C)C)CO2)[C@H](C2=N[C@@H](C(C)C)CO2)O1. The van der Waals surface area contributed by atoms with E-state index in [1.54, 1.807) is 0 Å². The molecule has 3 heterocycles. The van der Waals surface area contributed by atoms with Gasteiger partial charge < -0.3 is 18.9 Å². The Labute approximate surface area is 176 Å². The van der Waals surface area contributed by atoms with Gasteiger partial charge in [0.1, 0.15) is 13.2 Å². The summed E-state index contributed by atoms with van der Waals surface area (Å²) in [6, 6.07) is 0.343. The fourth-order valence-corrected chi connectivity index (χ4v) is 4.04. The Bertz CT molecular complexity index is 550. The van der Waals surface area contributed by atoms with Crippen molar-refractivity contribution >= 4 is 11.8 Å². The highest BCUT2D eigenvalue weighted by Gasteiger charge is 2.54. The van der Waals surface area contributed by atoms with Crippen LogP contribution in [0.15, 0.2) is 9.98 Å². The first-order valence-corrected chi connectivity index (χ1v) is 11.7. The highest BCUT2D eigenvalue weighted by molar-refractivity contribution is 5.93. The number of unbranched alkanes of at least 4 members (excludes halogenated alkanes) is 2. The second kappa shape index (κ2) is 9.78. The molecule has 4 atom stereocenters. The van der Waals surface area contributed by atoms with Crippen molar-refractivity contribution in [3.8, 4) is 0 Å². The van der Waals surface area contributed by atoms with Crippen molar-refractivity contribution in [1.29, 1.82) is 0 Å². The molecule has 0 amide bonds. The lowest BCUT2D eigenvalue weighted by Gasteiger charge is -2.28. The molecule has 6 heteroatoms. The average Bonchev–Trinajstić information content (AvgIpc) is 3.42. The van der Waals surface area contributed by atoms with E-state index >= 15 is 0 Å². The Balaban J connectivity index is 1.87. The van der Waals surface area contributed by atoms with Crippen molar-refractivity contribution in [3.05, 3.63) is 0 Å². The van der Waals surface area contributed by atoms with Gasteiger partial charge in [-0.05, 0) is 24.7 Å². The van der Waals surface area contributed by atoms with Crippen LogP contribution in [0, 0.1) is 11.8 Å². The molecule has 3 rings (SSSR count). The van der Waals surface area contributed by atoms with Gasteiger partial charge in [-0.1, -0.05) is 54.4 Å². The largest absolute Gasteiger partial charge is 0.477 e. The molecule has 0 aromatic rings. The third kappa shape index (κ3) is 5.13. The van der Waals surface area contributed by atoms with Gasteiger partial charge in [-0.3, -0.25) is 0 Å². The van der Waals surface area contributed by atoms with Crippen LogP contribution in [0.1, 0.15) is 80.1 Å². The van der Waals surface area contributed by atoms with Crippen molar-refractivity contribution in [2.24, 2.45) is 21.8 Å². The topological polar surface area (TPSA) is 61.6 Å². The van der Waals surface area contributed by atoms with E-state index in [0.29, 0.717) is 36.8 Å². The molecule has 0 radical (unpaired) electrons. The third-order valence-electron chi connectivity index (χ3n) is 6.20. The summed E-state index contributed by atoms with van der Waals surface area (Å²) < 4.78 is 25.3. The van der Waals surface area contributed by atoms with Gasteiger partial charge in [0.15, 0.2) is 18.0 Å². The van der Waals surface area contributed by atoms with Crippen molar-refractivity contribution in [3.63, 3.8) is 0 Å². The van der Waals surface area contributed by atoms with Crippen LogP contribution in [0.5, 0.6) is 0 Å². The van der Waals surface area contributed by atoms with Crippen LogP contribution in [0.4, 0.5) is 0 Å². The minimum absolute atomic E-state index is 0.172. The molecule has 1 fully saturated rings. The third-order valence-corrected chi connectivity index (χ3v) is 6.20. The van der Waals surface area contributed by atoms with Gasteiger partial charge in [-0.15, -0.1) is 0 Å². The van der Waals surface area contributed by atoms with Crippen molar-refractivity contribution in [1.82, 2.24) is 0 Å². The van der Waals surface area contributed by atoms with Crippen molar-refractivity contribution < 1.29 is 18.9 Å². The fraction of sp³-hybridized carbons (Fsp3) is 0.913. The Hall–Kier alpha value is -1.14. The van der Waals surface area contributed by atoms with Gasteiger partial charge in [0, 0.05) is 12.8 Å². The van der Waals surface area contributed by atoms with Gasteiger partial charge in [0.25, 0.3) is 0 Å². The summed E-state index contributed by atoms with van der Waals surface area (Å²) in [5, 5.41) is 0. The molecule has 3 aliphatic rings. The Morgan fingerprint density at radius 1 is 0.793 bits per heavy atom. The summed E-state index contributed by atoms with van der Waals surface area (Å²) in [6.07, 6.45) is 5.33. The minimum atomic E-state index is -0.606. The molecule has 166 valence electrons. The Kier molecular flexibility index (Phi) is 7.60. The zero-order chi connectivity index (χ0) is 21.0. The van der Waals surface area contributed by atoms with Crippen LogP contribution in [-0.2, 0) is 18.9 Å². The van der Waals surface area contributed by atoms with Crippen molar-refractivity contribution in [2.75, 3.05) is 13.2 Å². The summed E-state index contributed by atoms with van der Waals surface area (Å²) in [6.45, 7) is 14.3. The molecular formula is C23H40N2O4. The zero-order valence-corrected chi connectivity index (χ0v) is 19.1. The van der Waals surface area contributed by atoms with Gasteiger partial charge in [0.2, 0.25) is 11.8 Å². The number of ether oxygens (including phenoxy) is 4. The van der Waals surface area contributed by atoms with Gasteiger partial charge in [-0.2, -0.15) is 0 Å². The summed E-state index contributed by atoms with van der Waals surface area (Å²) in [5.41, 5.74) is 0. The summed E-state index contributed by atoms with van der Waals surface area (Å²) in [4.78, 5) is 9.70. The van der Waals surface area contributed by atoms with Gasteiger partial charge >= 0.3 is 0 Å². The van der Waals surface area contributed by atoms with E-state index in [0.717, 1.165) is 38.5 Å². The molecule has 0 N–H and O–H groups in total. The van der Waals surface area contributed by atoms with E-state index < -0.39 is 5.79 Å². The Morgan fingerprint density at radius 3 is 1.52 bits per heavy atom. The van der Waals surface area contributed by atoms with E-state index in [4.69, 9.17) is 28.9 Å². The van der Waals surface area contributed by atoms with Crippen LogP contribution >= 0.6 is 0 Å². The number of aliphatic imine (C=N–C) groups is 2. The molecule has 6 nitrogen and oxygen atoms in total. The minimum Gasteiger partial charge on any atom is -0.477 e. The van der Waals surface area contributed by atoms with Gasteiger partial charge in [-0.25, -0.2) is 9.98 Å². The lowest BCUT2D eigenvalue weighted by Crippen LogP contribution is -2.37. The molecule has 0 aliphatic carbocycles. The van der Waals surface area contributed by atoms with Crippen LogP contribution < -0.4 is 0 Å². The normalized spacial score (nSPS) is 31.2. The summed E-state index contributed by atoms with van der Waals surface area (Å²) in [7, 11) is 0. The molecule has 0 spiro atoms. The molecule has 3 aliphatic heterocycles. The molecule has 0 bridgehead atoms. The number of hydrogen-bond donors (Lipinski definition) is 0. The van der Waals surface area contributed by atoms with E-state index in [9.17, 15) is 0 Å². The Morgan fingerprint density at radius 2 is 1.21 bits per heavy atom. The summed E-state index contributed by atoms with van der Waals surface area (Å²) in [5.74, 6) is 1.57. The first-order valence-electron chi connectivity index (χ1n) is 11.7. The first-order chi connectivity index (χ1) is 13.9. The van der Waals surface area contributed by atoms with E-state index in [1.807, 2.05) is 0 Å². The predicted octanol–water partition coefficient (Wildman–Crippen LogP) is 4.75. The quantitative estimate of drug-likeness (QED) is 0.523. The maximum atomic E-state index is 6.65. The van der Waals surface area contributed by atoms with Crippen LogP contribution in [0.2, 0.25) is 0 Å². The number of rotatable bonds is 10. The second-order valence-corrected chi connectivity index (χ2v) is 9.37. The molecular weight excluding hydrogens is 368 g/mol.